The highest BCUT2D eigenvalue weighted by Crippen LogP contribution is 2.19. The van der Waals surface area contributed by atoms with Crippen LogP contribution in [-0.2, 0) is 13.1 Å². The molecule has 0 spiro atoms. The molecule has 172 valence electrons. The Morgan fingerprint density at radius 3 is 2.62 bits per heavy atom. The van der Waals surface area contributed by atoms with Crippen molar-refractivity contribution in [3.63, 3.8) is 0 Å². The normalized spacial score (nSPS) is 11.3. The fourth-order valence-electron chi connectivity index (χ4n) is 3.99. The van der Waals surface area contributed by atoms with Gasteiger partial charge in [-0.15, -0.1) is 11.3 Å². The number of aromatic amines is 1. The third-order valence-corrected chi connectivity index (χ3v) is 7.03. The minimum Gasteiger partial charge on any atom is -0.363 e. The van der Waals surface area contributed by atoms with Crippen molar-refractivity contribution in [2.75, 3.05) is 26.2 Å². The predicted octanol–water partition coefficient (Wildman–Crippen LogP) is 4.82. The highest BCUT2D eigenvalue weighted by atomic mass is 32.1. The molecule has 2 aromatic heterocycles. The van der Waals surface area contributed by atoms with E-state index in [9.17, 15) is 4.79 Å². The van der Waals surface area contributed by atoms with Crippen molar-refractivity contribution < 1.29 is 0 Å². The van der Waals surface area contributed by atoms with Gasteiger partial charge in [0.15, 0.2) is 5.11 Å². The summed E-state index contributed by atoms with van der Waals surface area (Å²) in [6.45, 7) is 13.6. The van der Waals surface area contributed by atoms with Gasteiger partial charge in [-0.3, -0.25) is 4.79 Å². The molecule has 7 heteroatoms. The molecule has 1 aromatic carbocycles. The Bertz CT molecular complexity index is 1090. The number of H-pyrrole nitrogens is 1. The molecule has 0 aliphatic carbocycles. The molecule has 0 aliphatic rings. The topological polar surface area (TPSA) is 51.4 Å². The molecule has 0 amide bonds. The smallest absolute Gasteiger partial charge is 0.253 e. The van der Waals surface area contributed by atoms with Crippen molar-refractivity contribution in [1.82, 2.24) is 20.1 Å². The first-order chi connectivity index (χ1) is 15.4. The van der Waals surface area contributed by atoms with Crippen molar-refractivity contribution in [1.29, 1.82) is 0 Å². The number of hydrogen-bond acceptors (Lipinski definition) is 4. The molecular formula is C25H34N4OS2. The fourth-order valence-corrected chi connectivity index (χ4v) is 4.95. The van der Waals surface area contributed by atoms with E-state index < -0.39 is 0 Å². The fraction of sp³-hybridized carbons (Fsp3) is 0.440. The van der Waals surface area contributed by atoms with Gasteiger partial charge < -0.3 is 20.1 Å². The zero-order valence-corrected chi connectivity index (χ0v) is 21.2. The second-order valence-electron chi connectivity index (χ2n) is 8.22. The van der Waals surface area contributed by atoms with Gasteiger partial charge in [-0.05, 0) is 86.6 Å². The van der Waals surface area contributed by atoms with Gasteiger partial charge in [0.1, 0.15) is 0 Å². The Kier molecular flexibility index (Phi) is 8.84. The second kappa shape index (κ2) is 11.6. The molecule has 2 N–H and O–H groups in total. The van der Waals surface area contributed by atoms with Gasteiger partial charge >= 0.3 is 0 Å². The van der Waals surface area contributed by atoms with Crippen LogP contribution >= 0.6 is 23.6 Å². The summed E-state index contributed by atoms with van der Waals surface area (Å²) in [5.74, 6) is 0. The zero-order valence-electron chi connectivity index (χ0n) is 19.5. The lowest BCUT2D eigenvalue weighted by molar-refractivity contribution is 0.299. The molecule has 0 saturated carbocycles. The van der Waals surface area contributed by atoms with Crippen molar-refractivity contribution in [3.05, 3.63) is 67.6 Å². The lowest BCUT2D eigenvalue weighted by Gasteiger charge is -2.26. The van der Waals surface area contributed by atoms with Crippen LogP contribution in [0, 0.1) is 13.8 Å². The van der Waals surface area contributed by atoms with E-state index in [4.69, 9.17) is 12.2 Å². The SMILES string of the molecule is CCN(CC)CCCNC(=S)N(Cc1cccs1)Cc1cc2cc(C)cc(C)c2[nH]c1=O. The Morgan fingerprint density at radius 2 is 1.94 bits per heavy atom. The van der Waals surface area contributed by atoms with Crippen molar-refractivity contribution in [2.45, 2.75) is 47.2 Å². The molecule has 5 nitrogen and oxygen atoms in total. The molecular weight excluding hydrogens is 436 g/mol. The van der Waals surface area contributed by atoms with E-state index in [2.05, 4.69) is 64.5 Å². The standard InChI is InChI=1S/C25H34N4OS2/c1-5-28(6-2)11-8-10-26-25(31)29(17-22-9-7-12-32-22)16-21-15-20-14-18(3)13-19(4)23(20)27-24(21)30/h7,9,12-15H,5-6,8,10-11,16-17H2,1-4H3,(H,26,31)(H,27,30). The number of pyridine rings is 1. The molecule has 0 unspecified atom stereocenters. The van der Waals surface area contributed by atoms with Crippen molar-refractivity contribution in [3.8, 4) is 0 Å². The van der Waals surface area contributed by atoms with Crippen molar-refractivity contribution >= 4 is 39.6 Å². The molecule has 2 heterocycles. The maximum absolute atomic E-state index is 12.9. The summed E-state index contributed by atoms with van der Waals surface area (Å²) in [6.07, 6.45) is 1.03. The van der Waals surface area contributed by atoms with Gasteiger partial charge in [0.2, 0.25) is 0 Å². The van der Waals surface area contributed by atoms with Gasteiger partial charge in [0.25, 0.3) is 5.56 Å². The van der Waals surface area contributed by atoms with E-state index in [1.54, 1.807) is 11.3 Å². The molecule has 3 rings (SSSR count). The Balaban J connectivity index is 1.76. The van der Waals surface area contributed by atoms with Gasteiger partial charge in [0, 0.05) is 17.0 Å². The van der Waals surface area contributed by atoms with Crippen LogP contribution in [0.3, 0.4) is 0 Å². The summed E-state index contributed by atoms with van der Waals surface area (Å²) >= 11 is 7.46. The number of thiocarbonyl (C=S) groups is 1. The number of hydrogen-bond donors (Lipinski definition) is 2. The summed E-state index contributed by atoms with van der Waals surface area (Å²) in [6, 6.07) is 10.4. The number of benzene rings is 1. The van der Waals surface area contributed by atoms with Crippen LogP contribution in [0.1, 0.15) is 41.8 Å². The maximum atomic E-state index is 12.9. The quantitative estimate of drug-likeness (QED) is 0.329. The minimum atomic E-state index is -0.0510. The van der Waals surface area contributed by atoms with Crippen LogP contribution in [0.25, 0.3) is 10.9 Å². The van der Waals surface area contributed by atoms with Gasteiger partial charge in [-0.2, -0.15) is 0 Å². The third-order valence-electron chi connectivity index (χ3n) is 5.77. The molecule has 0 bridgehead atoms. The van der Waals surface area contributed by atoms with E-state index in [1.165, 1.54) is 10.4 Å². The molecule has 0 radical (unpaired) electrons. The summed E-state index contributed by atoms with van der Waals surface area (Å²) in [7, 11) is 0. The lowest BCUT2D eigenvalue weighted by atomic mass is 10.1. The maximum Gasteiger partial charge on any atom is 0.253 e. The minimum absolute atomic E-state index is 0.0510. The first kappa shape index (κ1) is 24.4. The van der Waals surface area contributed by atoms with E-state index >= 15 is 0 Å². The molecule has 0 atom stereocenters. The summed E-state index contributed by atoms with van der Waals surface area (Å²) < 4.78 is 0. The van der Waals surface area contributed by atoms with Crippen molar-refractivity contribution in [2.24, 2.45) is 0 Å². The predicted molar refractivity (Wildman–Crippen MR) is 141 cm³/mol. The van der Waals surface area contributed by atoms with Gasteiger partial charge in [-0.25, -0.2) is 0 Å². The Hall–Kier alpha value is -2.22. The summed E-state index contributed by atoms with van der Waals surface area (Å²) in [5, 5.41) is 7.24. The van der Waals surface area contributed by atoms with E-state index in [0.717, 1.165) is 54.6 Å². The average molecular weight is 471 g/mol. The van der Waals surface area contributed by atoms with Gasteiger partial charge in [-0.1, -0.05) is 31.5 Å². The molecule has 32 heavy (non-hydrogen) atoms. The largest absolute Gasteiger partial charge is 0.363 e. The number of aromatic nitrogens is 1. The van der Waals surface area contributed by atoms with Gasteiger partial charge in [0.05, 0.1) is 18.6 Å². The number of nitrogens with zero attached hydrogens (tertiary/aromatic N) is 2. The summed E-state index contributed by atoms with van der Waals surface area (Å²) in [5.41, 5.74) is 3.86. The first-order valence-corrected chi connectivity index (χ1v) is 12.6. The van der Waals surface area contributed by atoms with Crippen LogP contribution in [0.15, 0.2) is 40.5 Å². The van der Waals surface area contributed by atoms with E-state index in [1.807, 2.05) is 19.1 Å². The molecule has 0 aliphatic heterocycles. The number of nitrogens with one attached hydrogen (secondary N) is 2. The van der Waals surface area contributed by atoms with Crippen LogP contribution in [0.4, 0.5) is 0 Å². The molecule has 0 fully saturated rings. The Morgan fingerprint density at radius 1 is 1.16 bits per heavy atom. The number of thiophene rings is 1. The zero-order chi connectivity index (χ0) is 23.1. The lowest BCUT2D eigenvalue weighted by Crippen LogP contribution is -2.40. The van der Waals surface area contributed by atoms with E-state index in [0.29, 0.717) is 18.2 Å². The second-order valence-corrected chi connectivity index (χ2v) is 9.64. The van der Waals surface area contributed by atoms with E-state index in [-0.39, 0.29) is 5.56 Å². The monoisotopic (exact) mass is 470 g/mol. The van der Waals surface area contributed by atoms with Crippen LogP contribution < -0.4 is 10.9 Å². The molecule has 0 saturated heterocycles. The average Bonchev–Trinajstić information content (AvgIpc) is 3.27. The number of fused-ring (bicyclic) bond motifs is 1. The van der Waals surface area contributed by atoms with Crippen LogP contribution in [0.5, 0.6) is 0 Å². The molecule has 3 aromatic rings. The van der Waals surface area contributed by atoms with Crippen LogP contribution in [-0.4, -0.2) is 46.1 Å². The highest BCUT2D eigenvalue weighted by molar-refractivity contribution is 7.80. The number of aryl methyl sites for hydroxylation is 2. The Labute approximate surface area is 200 Å². The third kappa shape index (κ3) is 6.40. The number of rotatable bonds is 10. The first-order valence-electron chi connectivity index (χ1n) is 11.3. The highest BCUT2D eigenvalue weighted by Gasteiger charge is 2.15. The van der Waals surface area contributed by atoms with Crippen LogP contribution in [0.2, 0.25) is 0 Å². The summed E-state index contributed by atoms with van der Waals surface area (Å²) in [4.78, 5) is 21.7.